The molecule has 2 amide bonds. The van der Waals surface area contributed by atoms with Gasteiger partial charge in [-0.25, -0.2) is 0 Å². The highest BCUT2D eigenvalue weighted by atomic mass is 32.1. The number of thiophene rings is 1. The van der Waals surface area contributed by atoms with Crippen LogP contribution in [0, 0.1) is 0 Å². The highest BCUT2D eigenvalue weighted by Crippen LogP contribution is 2.30. The Kier molecular flexibility index (Phi) is 3.45. The van der Waals surface area contributed by atoms with Crippen LogP contribution in [0.15, 0.2) is 29.6 Å². The van der Waals surface area contributed by atoms with Gasteiger partial charge >= 0.3 is 0 Å². The van der Waals surface area contributed by atoms with E-state index in [-0.39, 0.29) is 18.4 Å². The van der Waals surface area contributed by atoms with Crippen LogP contribution in [0.3, 0.4) is 0 Å². The second-order valence-corrected chi connectivity index (χ2v) is 6.32. The molecule has 0 saturated carbocycles. The highest BCUT2D eigenvalue weighted by Gasteiger charge is 2.44. The number of fused-ring (bicyclic) bond motifs is 1. The molecule has 0 radical (unpaired) electrons. The molecular formula is C16H18N2O2S. The molecule has 1 saturated heterocycles. The van der Waals surface area contributed by atoms with Gasteiger partial charge in [0.15, 0.2) is 0 Å². The van der Waals surface area contributed by atoms with E-state index in [4.69, 9.17) is 0 Å². The Balaban J connectivity index is 2.03. The lowest BCUT2D eigenvalue weighted by molar-refractivity contribution is -0.136. The molecule has 0 atom stereocenters. The van der Waals surface area contributed by atoms with Crippen molar-refractivity contribution in [2.75, 3.05) is 11.4 Å². The van der Waals surface area contributed by atoms with E-state index in [1.807, 2.05) is 43.5 Å². The second kappa shape index (κ2) is 5.15. The molecule has 2 aromatic rings. The molecule has 5 heteroatoms. The quantitative estimate of drug-likeness (QED) is 0.947. The van der Waals surface area contributed by atoms with Crippen LogP contribution in [0.1, 0.15) is 26.7 Å². The van der Waals surface area contributed by atoms with Crippen LogP contribution >= 0.6 is 11.3 Å². The molecule has 4 nitrogen and oxygen atoms in total. The van der Waals surface area contributed by atoms with Gasteiger partial charge in [0.05, 0.1) is 0 Å². The van der Waals surface area contributed by atoms with E-state index in [1.165, 1.54) is 4.70 Å². The van der Waals surface area contributed by atoms with Gasteiger partial charge in [-0.2, -0.15) is 0 Å². The van der Waals surface area contributed by atoms with Crippen molar-refractivity contribution >= 4 is 38.9 Å². The molecule has 1 fully saturated rings. The van der Waals surface area contributed by atoms with Gasteiger partial charge in [0.1, 0.15) is 12.1 Å². The lowest BCUT2D eigenvalue weighted by atomic mass is 9.88. The minimum absolute atomic E-state index is 0.0123. The smallest absolute Gasteiger partial charge is 0.253 e. The Bertz CT molecular complexity index is 703. The normalized spacial score (nSPS) is 18.1. The molecule has 0 spiro atoms. The number of carbonyl (C=O) groups is 2. The van der Waals surface area contributed by atoms with Crippen LogP contribution in [0.2, 0.25) is 0 Å². The average molecular weight is 302 g/mol. The Labute approximate surface area is 127 Å². The Morgan fingerprint density at radius 2 is 2.00 bits per heavy atom. The van der Waals surface area contributed by atoms with Crippen molar-refractivity contribution < 1.29 is 9.59 Å². The van der Waals surface area contributed by atoms with E-state index in [2.05, 4.69) is 5.32 Å². The number of hydrogen-bond acceptors (Lipinski definition) is 3. The van der Waals surface area contributed by atoms with E-state index in [0.29, 0.717) is 12.8 Å². The van der Waals surface area contributed by atoms with Crippen LogP contribution in [-0.2, 0) is 9.59 Å². The fourth-order valence-electron chi connectivity index (χ4n) is 2.89. The first-order valence-electron chi connectivity index (χ1n) is 7.20. The number of nitrogens with one attached hydrogen (secondary N) is 1. The minimum atomic E-state index is -0.765. The fourth-order valence-corrected chi connectivity index (χ4v) is 3.66. The molecule has 0 unspecified atom stereocenters. The summed E-state index contributed by atoms with van der Waals surface area (Å²) in [4.78, 5) is 26.5. The summed E-state index contributed by atoms with van der Waals surface area (Å²) < 4.78 is 1.19. The third-order valence-electron chi connectivity index (χ3n) is 4.29. The summed E-state index contributed by atoms with van der Waals surface area (Å²) in [5, 5.41) is 6.02. The van der Waals surface area contributed by atoms with Crippen molar-refractivity contribution in [1.82, 2.24) is 5.32 Å². The second-order valence-electron chi connectivity index (χ2n) is 5.37. The number of anilines is 1. The molecule has 1 aliphatic heterocycles. The number of hydrogen-bond donors (Lipinski definition) is 1. The SMILES string of the molecule is CCC1(CC)NC(=O)CN(c2ccc3sccc3c2)C1=O. The molecule has 110 valence electrons. The Morgan fingerprint density at radius 1 is 1.24 bits per heavy atom. The summed E-state index contributed by atoms with van der Waals surface area (Å²) in [6.07, 6.45) is 1.20. The first-order valence-corrected chi connectivity index (χ1v) is 8.08. The zero-order valence-corrected chi connectivity index (χ0v) is 13.0. The van der Waals surface area contributed by atoms with Crippen LogP contribution in [0.25, 0.3) is 10.1 Å². The highest BCUT2D eigenvalue weighted by molar-refractivity contribution is 7.17. The predicted molar refractivity (Wildman–Crippen MR) is 85.6 cm³/mol. The number of piperazine rings is 1. The summed E-state index contributed by atoms with van der Waals surface area (Å²) in [6.45, 7) is 3.97. The van der Waals surface area contributed by atoms with Crippen LogP contribution in [0.4, 0.5) is 5.69 Å². The summed E-state index contributed by atoms with van der Waals surface area (Å²) in [7, 11) is 0. The van der Waals surface area contributed by atoms with Crippen LogP contribution in [0.5, 0.6) is 0 Å². The zero-order chi connectivity index (χ0) is 15.0. The van der Waals surface area contributed by atoms with Gasteiger partial charge in [-0.3, -0.25) is 9.59 Å². The van der Waals surface area contributed by atoms with Gasteiger partial charge in [0.25, 0.3) is 5.91 Å². The number of rotatable bonds is 3. The van der Waals surface area contributed by atoms with Crippen LogP contribution in [-0.4, -0.2) is 23.9 Å². The first-order chi connectivity index (χ1) is 10.1. The maximum absolute atomic E-state index is 12.8. The van der Waals surface area contributed by atoms with E-state index in [1.54, 1.807) is 16.2 Å². The summed E-state index contributed by atoms with van der Waals surface area (Å²) in [6, 6.07) is 7.95. The van der Waals surface area contributed by atoms with E-state index < -0.39 is 5.54 Å². The third kappa shape index (κ3) is 2.21. The van der Waals surface area contributed by atoms with Gasteiger partial charge in [0.2, 0.25) is 5.91 Å². The lowest BCUT2D eigenvalue weighted by Crippen LogP contribution is -2.66. The molecule has 21 heavy (non-hydrogen) atoms. The number of amides is 2. The molecule has 2 heterocycles. The summed E-state index contributed by atoms with van der Waals surface area (Å²) in [5.74, 6) is -0.106. The maximum Gasteiger partial charge on any atom is 0.253 e. The first kappa shape index (κ1) is 14.1. The van der Waals surface area contributed by atoms with Crippen LogP contribution < -0.4 is 10.2 Å². The van der Waals surface area contributed by atoms with Gasteiger partial charge in [-0.05, 0) is 47.9 Å². The van der Waals surface area contributed by atoms with Crippen molar-refractivity contribution in [1.29, 1.82) is 0 Å². The Morgan fingerprint density at radius 3 is 2.71 bits per heavy atom. The molecule has 3 rings (SSSR count). The van der Waals surface area contributed by atoms with Gasteiger partial charge in [0, 0.05) is 10.4 Å². The van der Waals surface area contributed by atoms with Gasteiger partial charge < -0.3 is 10.2 Å². The van der Waals surface area contributed by atoms with E-state index >= 15 is 0 Å². The third-order valence-corrected chi connectivity index (χ3v) is 5.19. The monoisotopic (exact) mass is 302 g/mol. The van der Waals surface area contributed by atoms with Crippen molar-refractivity contribution in [3.63, 3.8) is 0 Å². The fraction of sp³-hybridized carbons (Fsp3) is 0.375. The standard InChI is InChI=1S/C16H18N2O2S/c1-3-16(4-2)15(20)18(10-14(19)17-16)12-5-6-13-11(9-12)7-8-21-13/h5-9H,3-4,10H2,1-2H3,(H,17,19). The number of carbonyl (C=O) groups excluding carboxylic acids is 2. The zero-order valence-electron chi connectivity index (χ0n) is 12.2. The van der Waals surface area contributed by atoms with Crippen molar-refractivity contribution in [2.45, 2.75) is 32.2 Å². The maximum atomic E-state index is 12.8. The molecule has 1 N–H and O–H groups in total. The van der Waals surface area contributed by atoms with Crippen molar-refractivity contribution in [2.24, 2.45) is 0 Å². The van der Waals surface area contributed by atoms with E-state index in [0.717, 1.165) is 11.1 Å². The predicted octanol–water partition coefficient (Wildman–Crippen LogP) is 2.92. The van der Waals surface area contributed by atoms with Gasteiger partial charge in [-0.15, -0.1) is 11.3 Å². The molecular weight excluding hydrogens is 284 g/mol. The molecule has 1 aromatic carbocycles. The Hall–Kier alpha value is -1.88. The number of benzene rings is 1. The summed E-state index contributed by atoms with van der Waals surface area (Å²) in [5.41, 5.74) is 0.0332. The van der Waals surface area contributed by atoms with Crippen molar-refractivity contribution in [3.8, 4) is 0 Å². The molecule has 1 aromatic heterocycles. The minimum Gasteiger partial charge on any atom is -0.340 e. The lowest BCUT2D eigenvalue weighted by Gasteiger charge is -2.41. The van der Waals surface area contributed by atoms with Gasteiger partial charge in [-0.1, -0.05) is 13.8 Å². The molecule has 1 aliphatic rings. The number of nitrogens with zero attached hydrogens (tertiary/aromatic N) is 1. The summed E-state index contributed by atoms with van der Waals surface area (Å²) >= 11 is 1.67. The molecule has 0 bridgehead atoms. The average Bonchev–Trinajstić information content (AvgIpc) is 2.96. The van der Waals surface area contributed by atoms with E-state index in [9.17, 15) is 9.59 Å². The van der Waals surface area contributed by atoms with Crippen molar-refractivity contribution in [3.05, 3.63) is 29.6 Å². The largest absolute Gasteiger partial charge is 0.340 e. The molecule has 0 aliphatic carbocycles. The topological polar surface area (TPSA) is 49.4 Å².